The highest BCUT2D eigenvalue weighted by Crippen LogP contribution is 2.11. The van der Waals surface area contributed by atoms with Crippen molar-refractivity contribution in [2.45, 2.75) is 25.9 Å². The summed E-state index contributed by atoms with van der Waals surface area (Å²) >= 11 is 0. The summed E-state index contributed by atoms with van der Waals surface area (Å²) in [5.41, 5.74) is 0.0474. The fraction of sp³-hybridized carbons (Fsp3) is 0.538. The molecule has 0 spiro atoms. The van der Waals surface area contributed by atoms with Crippen LogP contribution in [-0.4, -0.2) is 47.1 Å². The number of hydrogen-bond acceptors (Lipinski definition) is 5. The first-order chi connectivity index (χ1) is 9.13. The van der Waals surface area contributed by atoms with Gasteiger partial charge in [0.1, 0.15) is 18.5 Å². The Bertz CT molecular complexity index is 396. The maximum Gasteiger partial charge on any atom is 0.337 e. The summed E-state index contributed by atoms with van der Waals surface area (Å²) in [7, 11) is 0. The first-order valence-electron chi connectivity index (χ1n) is 6.20. The molecule has 0 aliphatic carbocycles. The van der Waals surface area contributed by atoms with E-state index in [1.807, 2.05) is 0 Å². The molecule has 2 N–H and O–H groups in total. The standard InChI is InChI=1S/C13H19NO5/c1-2-3-4-18-8-11(15)9-19-12-5-10(13(16)17)6-14-7-12/h5-7,11,15H,2-4,8-9H2,1H3,(H,16,17). The van der Waals surface area contributed by atoms with Crippen LogP contribution in [0.1, 0.15) is 30.1 Å². The van der Waals surface area contributed by atoms with Crippen molar-refractivity contribution < 1.29 is 24.5 Å². The lowest BCUT2D eigenvalue weighted by molar-refractivity contribution is 0.0112. The molecule has 1 atom stereocenters. The molecule has 0 aliphatic rings. The summed E-state index contributed by atoms with van der Waals surface area (Å²) in [4.78, 5) is 14.5. The van der Waals surface area contributed by atoms with Crippen LogP contribution in [0.2, 0.25) is 0 Å². The molecular weight excluding hydrogens is 250 g/mol. The molecule has 6 nitrogen and oxygen atoms in total. The Morgan fingerprint density at radius 3 is 2.89 bits per heavy atom. The highest BCUT2D eigenvalue weighted by atomic mass is 16.5. The van der Waals surface area contributed by atoms with Crippen LogP contribution in [0.25, 0.3) is 0 Å². The van der Waals surface area contributed by atoms with Crippen LogP contribution in [0.4, 0.5) is 0 Å². The number of aliphatic hydroxyl groups excluding tert-OH is 1. The lowest BCUT2D eigenvalue weighted by atomic mass is 10.3. The van der Waals surface area contributed by atoms with Crippen molar-refractivity contribution in [2.24, 2.45) is 0 Å². The Morgan fingerprint density at radius 2 is 2.21 bits per heavy atom. The molecular formula is C13H19NO5. The second kappa shape index (κ2) is 8.44. The van der Waals surface area contributed by atoms with Gasteiger partial charge in [0.15, 0.2) is 0 Å². The highest BCUT2D eigenvalue weighted by molar-refractivity contribution is 5.87. The first kappa shape index (κ1) is 15.4. The predicted octanol–water partition coefficient (Wildman–Crippen LogP) is 1.34. The van der Waals surface area contributed by atoms with E-state index in [4.69, 9.17) is 14.6 Å². The molecule has 0 saturated heterocycles. The molecule has 1 aromatic rings. The average molecular weight is 269 g/mol. The van der Waals surface area contributed by atoms with E-state index in [-0.39, 0.29) is 18.8 Å². The van der Waals surface area contributed by atoms with Crippen molar-refractivity contribution in [1.82, 2.24) is 4.98 Å². The summed E-state index contributed by atoms with van der Waals surface area (Å²) in [6.45, 7) is 2.91. The van der Waals surface area contributed by atoms with Gasteiger partial charge in [-0.15, -0.1) is 0 Å². The normalized spacial score (nSPS) is 12.1. The predicted molar refractivity (Wildman–Crippen MR) is 68.4 cm³/mol. The second-order valence-electron chi connectivity index (χ2n) is 4.11. The summed E-state index contributed by atoms with van der Waals surface area (Å²) in [6, 6.07) is 1.36. The molecule has 0 aromatic carbocycles. The number of aliphatic hydroxyl groups is 1. The number of carboxylic acid groups (broad SMARTS) is 1. The van der Waals surface area contributed by atoms with Gasteiger partial charge in [0.2, 0.25) is 0 Å². The van der Waals surface area contributed by atoms with Crippen LogP contribution in [0.5, 0.6) is 5.75 Å². The van der Waals surface area contributed by atoms with Gasteiger partial charge in [0.05, 0.1) is 18.4 Å². The molecule has 1 aromatic heterocycles. The molecule has 1 heterocycles. The summed E-state index contributed by atoms with van der Waals surface area (Å²) < 4.78 is 10.5. The lowest BCUT2D eigenvalue weighted by Crippen LogP contribution is -2.23. The Morgan fingerprint density at radius 1 is 1.42 bits per heavy atom. The zero-order valence-electron chi connectivity index (χ0n) is 10.9. The molecule has 0 fully saturated rings. The van der Waals surface area contributed by atoms with Crippen molar-refractivity contribution in [3.8, 4) is 5.75 Å². The van der Waals surface area contributed by atoms with Crippen molar-refractivity contribution in [1.29, 1.82) is 0 Å². The third kappa shape index (κ3) is 6.17. The molecule has 106 valence electrons. The van der Waals surface area contributed by atoms with Gasteiger partial charge in [-0.25, -0.2) is 4.79 Å². The lowest BCUT2D eigenvalue weighted by Gasteiger charge is -2.12. The van der Waals surface area contributed by atoms with Crippen LogP contribution in [0.15, 0.2) is 18.5 Å². The van der Waals surface area contributed by atoms with E-state index >= 15 is 0 Å². The smallest absolute Gasteiger partial charge is 0.337 e. The Balaban J connectivity index is 2.31. The zero-order chi connectivity index (χ0) is 14.1. The van der Waals surface area contributed by atoms with Crippen LogP contribution in [-0.2, 0) is 4.74 Å². The largest absolute Gasteiger partial charge is 0.489 e. The number of hydrogen-bond donors (Lipinski definition) is 2. The van der Waals surface area contributed by atoms with Crippen molar-refractivity contribution >= 4 is 5.97 Å². The molecule has 19 heavy (non-hydrogen) atoms. The van der Waals surface area contributed by atoms with E-state index in [9.17, 15) is 9.90 Å². The number of aromatic nitrogens is 1. The quantitative estimate of drug-likeness (QED) is 0.657. The van der Waals surface area contributed by atoms with Gasteiger partial charge >= 0.3 is 5.97 Å². The van der Waals surface area contributed by atoms with Crippen molar-refractivity contribution in [3.63, 3.8) is 0 Å². The average Bonchev–Trinajstić information content (AvgIpc) is 2.41. The number of nitrogens with zero attached hydrogens (tertiary/aromatic N) is 1. The third-order valence-electron chi connectivity index (χ3n) is 2.35. The molecule has 0 saturated carbocycles. The van der Waals surface area contributed by atoms with E-state index in [1.54, 1.807) is 0 Å². The van der Waals surface area contributed by atoms with Gasteiger partial charge in [0.25, 0.3) is 0 Å². The summed E-state index contributed by atoms with van der Waals surface area (Å²) in [5.74, 6) is -0.756. The van der Waals surface area contributed by atoms with Gasteiger partial charge in [0, 0.05) is 12.8 Å². The molecule has 0 aliphatic heterocycles. The zero-order valence-corrected chi connectivity index (χ0v) is 10.9. The molecule has 0 radical (unpaired) electrons. The SMILES string of the molecule is CCCCOCC(O)COc1cncc(C(=O)O)c1. The number of ether oxygens (including phenoxy) is 2. The minimum Gasteiger partial charge on any atom is -0.489 e. The van der Waals surface area contributed by atoms with Gasteiger partial charge in [-0.1, -0.05) is 13.3 Å². The fourth-order valence-corrected chi connectivity index (χ4v) is 1.32. The molecule has 0 amide bonds. The Labute approximate surface area is 112 Å². The topological polar surface area (TPSA) is 88.9 Å². The molecule has 0 bridgehead atoms. The van der Waals surface area contributed by atoms with Gasteiger partial charge in [-0.2, -0.15) is 0 Å². The Kier molecular flexibility index (Phi) is 6.84. The number of rotatable bonds is 9. The van der Waals surface area contributed by atoms with E-state index < -0.39 is 12.1 Å². The number of pyridine rings is 1. The van der Waals surface area contributed by atoms with E-state index in [1.165, 1.54) is 18.5 Å². The maximum atomic E-state index is 10.7. The molecule has 1 rings (SSSR count). The van der Waals surface area contributed by atoms with Crippen molar-refractivity contribution in [2.75, 3.05) is 19.8 Å². The van der Waals surface area contributed by atoms with Gasteiger partial charge in [-0.3, -0.25) is 4.98 Å². The number of carboxylic acids is 1. The number of unbranched alkanes of at least 4 members (excludes halogenated alkanes) is 1. The third-order valence-corrected chi connectivity index (χ3v) is 2.35. The van der Waals surface area contributed by atoms with Crippen LogP contribution in [0, 0.1) is 0 Å². The van der Waals surface area contributed by atoms with Crippen LogP contribution in [0.3, 0.4) is 0 Å². The summed E-state index contributed by atoms with van der Waals surface area (Å²) in [5, 5.41) is 18.4. The number of carbonyl (C=O) groups is 1. The fourth-order valence-electron chi connectivity index (χ4n) is 1.32. The van der Waals surface area contributed by atoms with Gasteiger partial charge < -0.3 is 19.7 Å². The van der Waals surface area contributed by atoms with E-state index in [0.29, 0.717) is 12.4 Å². The first-order valence-corrected chi connectivity index (χ1v) is 6.20. The molecule has 1 unspecified atom stereocenters. The molecule has 6 heteroatoms. The minimum absolute atomic E-state index is 0.0386. The number of aromatic carboxylic acids is 1. The van der Waals surface area contributed by atoms with E-state index in [0.717, 1.165) is 12.8 Å². The summed E-state index contributed by atoms with van der Waals surface area (Å²) in [6.07, 6.45) is 3.89. The maximum absolute atomic E-state index is 10.7. The van der Waals surface area contributed by atoms with Crippen LogP contribution >= 0.6 is 0 Å². The minimum atomic E-state index is -1.07. The van der Waals surface area contributed by atoms with Crippen LogP contribution < -0.4 is 4.74 Å². The second-order valence-corrected chi connectivity index (χ2v) is 4.11. The van der Waals surface area contributed by atoms with Crippen molar-refractivity contribution in [3.05, 3.63) is 24.0 Å². The monoisotopic (exact) mass is 269 g/mol. The Hall–Kier alpha value is -1.66. The van der Waals surface area contributed by atoms with Gasteiger partial charge in [-0.05, 0) is 12.5 Å². The van der Waals surface area contributed by atoms with E-state index in [2.05, 4.69) is 11.9 Å². The highest BCUT2D eigenvalue weighted by Gasteiger charge is 2.08.